The van der Waals surface area contributed by atoms with Crippen LogP contribution in [-0.2, 0) is 20.6 Å². The van der Waals surface area contributed by atoms with Gasteiger partial charge in [0.15, 0.2) is 0 Å². The lowest BCUT2D eigenvalue weighted by molar-refractivity contribution is -0.113. The fourth-order valence-electron chi connectivity index (χ4n) is 2.28. The van der Waals surface area contributed by atoms with Gasteiger partial charge in [-0.1, -0.05) is 35.9 Å². The van der Waals surface area contributed by atoms with Crippen molar-refractivity contribution >= 4 is 45.8 Å². The summed E-state index contributed by atoms with van der Waals surface area (Å²) in [5.74, 6) is 0.857. The van der Waals surface area contributed by atoms with Crippen molar-refractivity contribution < 1.29 is 13.2 Å². The molecule has 9 heteroatoms. The van der Waals surface area contributed by atoms with Crippen molar-refractivity contribution in [1.82, 2.24) is 4.72 Å². The molecule has 148 valence electrons. The quantitative estimate of drug-likeness (QED) is 0.568. The molecule has 0 heterocycles. The summed E-state index contributed by atoms with van der Waals surface area (Å²) >= 11 is 1.51. The van der Waals surface area contributed by atoms with Gasteiger partial charge in [0.25, 0.3) is 0 Å². The summed E-state index contributed by atoms with van der Waals surface area (Å²) in [5, 5.41) is 2.73. The highest BCUT2D eigenvalue weighted by Gasteiger charge is 2.14. The summed E-state index contributed by atoms with van der Waals surface area (Å²) in [7, 11) is -3.62. The van der Waals surface area contributed by atoms with E-state index in [0.29, 0.717) is 5.69 Å². The smallest absolute Gasteiger partial charge is 0.240 e. The van der Waals surface area contributed by atoms with Gasteiger partial charge in [-0.15, -0.1) is 24.2 Å². The SMILES string of the molecule is Cc1cccc(CSCC(=O)Nc2cccc(S(=O)(=O)NCCN)c2)c1.Cl. The maximum absolute atomic E-state index is 12.1. The zero-order valence-electron chi connectivity index (χ0n) is 15.0. The van der Waals surface area contributed by atoms with Crippen LogP contribution in [0.5, 0.6) is 0 Å². The highest BCUT2D eigenvalue weighted by molar-refractivity contribution is 7.99. The van der Waals surface area contributed by atoms with E-state index in [1.165, 1.54) is 35.0 Å². The normalized spacial score (nSPS) is 10.9. The Morgan fingerprint density at radius 3 is 2.59 bits per heavy atom. The molecule has 0 spiro atoms. The number of sulfonamides is 1. The van der Waals surface area contributed by atoms with Crippen molar-refractivity contribution in [3.8, 4) is 0 Å². The number of aryl methyl sites for hydroxylation is 1. The number of nitrogens with one attached hydrogen (secondary N) is 2. The summed E-state index contributed by atoms with van der Waals surface area (Å²) in [6.07, 6.45) is 0. The number of thioether (sulfide) groups is 1. The van der Waals surface area contributed by atoms with Gasteiger partial charge in [-0.2, -0.15) is 0 Å². The summed E-state index contributed by atoms with van der Waals surface area (Å²) in [6, 6.07) is 14.3. The molecule has 0 atom stereocenters. The lowest BCUT2D eigenvalue weighted by atomic mass is 10.2. The molecule has 0 radical (unpaired) electrons. The molecule has 0 unspecified atom stereocenters. The van der Waals surface area contributed by atoms with Gasteiger partial charge in [-0.05, 0) is 30.7 Å². The van der Waals surface area contributed by atoms with Crippen LogP contribution in [0.1, 0.15) is 11.1 Å². The van der Waals surface area contributed by atoms with E-state index in [1.54, 1.807) is 12.1 Å². The highest BCUT2D eigenvalue weighted by Crippen LogP contribution is 2.17. The minimum Gasteiger partial charge on any atom is -0.329 e. The molecule has 0 aliphatic heterocycles. The number of halogens is 1. The van der Waals surface area contributed by atoms with Crippen molar-refractivity contribution in [2.24, 2.45) is 5.73 Å². The van der Waals surface area contributed by atoms with Crippen LogP contribution < -0.4 is 15.8 Å². The average Bonchev–Trinajstić information content (AvgIpc) is 2.60. The van der Waals surface area contributed by atoms with E-state index in [4.69, 9.17) is 5.73 Å². The molecule has 0 fully saturated rings. The van der Waals surface area contributed by atoms with Gasteiger partial charge in [-0.25, -0.2) is 13.1 Å². The standard InChI is InChI=1S/C18H23N3O3S2.ClH/c1-14-4-2-5-15(10-14)12-25-13-18(22)21-16-6-3-7-17(11-16)26(23,24)20-9-8-19;/h2-7,10-11,20H,8-9,12-13,19H2,1H3,(H,21,22);1H. The first-order valence-corrected chi connectivity index (χ1v) is 10.8. The number of carbonyl (C=O) groups excluding carboxylic acids is 1. The predicted molar refractivity (Wildman–Crippen MR) is 114 cm³/mol. The lowest BCUT2D eigenvalue weighted by Gasteiger charge is -2.09. The molecule has 0 aliphatic rings. The van der Waals surface area contributed by atoms with Crippen molar-refractivity contribution in [2.45, 2.75) is 17.6 Å². The number of hydrogen-bond donors (Lipinski definition) is 3. The molecule has 0 saturated heterocycles. The first-order valence-electron chi connectivity index (χ1n) is 8.13. The highest BCUT2D eigenvalue weighted by atomic mass is 35.5. The van der Waals surface area contributed by atoms with Crippen LogP contribution in [0.3, 0.4) is 0 Å². The molecular weight excluding hydrogens is 406 g/mol. The van der Waals surface area contributed by atoms with Crippen LogP contribution in [0.4, 0.5) is 5.69 Å². The van der Waals surface area contributed by atoms with Crippen LogP contribution >= 0.6 is 24.2 Å². The Balaban J connectivity index is 0.00000364. The van der Waals surface area contributed by atoms with Crippen LogP contribution in [0.2, 0.25) is 0 Å². The summed E-state index contributed by atoms with van der Waals surface area (Å²) < 4.78 is 26.6. The second-order valence-electron chi connectivity index (χ2n) is 5.74. The number of carbonyl (C=O) groups is 1. The zero-order chi connectivity index (χ0) is 19.0. The third-order valence-corrected chi connectivity index (χ3v) is 5.91. The van der Waals surface area contributed by atoms with E-state index >= 15 is 0 Å². The first kappa shape index (κ1) is 23.5. The summed E-state index contributed by atoms with van der Waals surface area (Å²) in [5.41, 5.74) is 8.12. The van der Waals surface area contributed by atoms with Gasteiger partial charge in [0.1, 0.15) is 0 Å². The van der Waals surface area contributed by atoms with Gasteiger partial charge >= 0.3 is 0 Å². The number of benzene rings is 2. The molecule has 0 aliphatic carbocycles. The minimum atomic E-state index is -3.62. The van der Waals surface area contributed by atoms with Gasteiger partial charge in [0.2, 0.25) is 15.9 Å². The number of rotatable bonds is 9. The van der Waals surface area contributed by atoms with Gasteiger partial charge in [-0.3, -0.25) is 4.79 Å². The Morgan fingerprint density at radius 1 is 1.15 bits per heavy atom. The van der Waals surface area contributed by atoms with Crippen molar-refractivity contribution in [3.63, 3.8) is 0 Å². The molecule has 6 nitrogen and oxygen atoms in total. The molecule has 4 N–H and O–H groups in total. The summed E-state index contributed by atoms with van der Waals surface area (Å²) in [4.78, 5) is 12.2. The Labute approximate surface area is 170 Å². The minimum absolute atomic E-state index is 0. The van der Waals surface area contributed by atoms with Crippen molar-refractivity contribution in [2.75, 3.05) is 24.2 Å². The molecule has 0 bridgehead atoms. The van der Waals surface area contributed by atoms with Crippen molar-refractivity contribution in [1.29, 1.82) is 0 Å². The average molecular weight is 430 g/mol. The first-order chi connectivity index (χ1) is 12.4. The molecule has 0 saturated carbocycles. The Bertz CT molecular complexity index is 860. The zero-order valence-corrected chi connectivity index (χ0v) is 17.4. The molecule has 2 aromatic rings. The van der Waals surface area contributed by atoms with E-state index in [9.17, 15) is 13.2 Å². The molecule has 2 aromatic carbocycles. The van der Waals surface area contributed by atoms with Crippen LogP contribution in [0.15, 0.2) is 53.4 Å². The van der Waals surface area contributed by atoms with Crippen molar-refractivity contribution in [3.05, 3.63) is 59.7 Å². The third kappa shape index (κ3) is 7.90. The number of amides is 1. The second kappa shape index (κ2) is 11.3. The molecule has 1 amide bonds. The molecule has 27 heavy (non-hydrogen) atoms. The predicted octanol–water partition coefficient (Wildman–Crippen LogP) is 2.53. The molecular formula is C18H24ClN3O3S2. The van der Waals surface area contributed by atoms with Crippen LogP contribution in [-0.4, -0.2) is 33.2 Å². The van der Waals surface area contributed by atoms with E-state index in [-0.39, 0.29) is 42.1 Å². The fraction of sp³-hybridized carbons (Fsp3) is 0.278. The topological polar surface area (TPSA) is 101 Å². The fourth-order valence-corrected chi connectivity index (χ4v) is 4.15. The second-order valence-corrected chi connectivity index (χ2v) is 8.50. The molecule has 0 aromatic heterocycles. The molecule has 2 rings (SSSR count). The number of nitrogens with two attached hydrogens (primary N) is 1. The number of anilines is 1. The lowest BCUT2D eigenvalue weighted by Crippen LogP contribution is -2.29. The Kier molecular flexibility index (Phi) is 9.82. The van der Waals surface area contributed by atoms with Gasteiger partial charge in [0, 0.05) is 24.5 Å². The third-order valence-electron chi connectivity index (χ3n) is 3.45. The maximum Gasteiger partial charge on any atom is 0.240 e. The summed E-state index contributed by atoms with van der Waals surface area (Å²) in [6.45, 7) is 2.41. The van der Waals surface area contributed by atoms with Gasteiger partial charge in [0.05, 0.1) is 10.6 Å². The number of hydrogen-bond acceptors (Lipinski definition) is 5. The maximum atomic E-state index is 12.1. The van der Waals surface area contributed by atoms with Crippen LogP contribution in [0.25, 0.3) is 0 Å². The Hall–Kier alpha value is -1.58. The van der Waals surface area contributed by atoms with Gasteiger partial charge < -0.3 is 11.1 Å². The van der Waals surface area contributed by atoms with Crippen LogP contribution in [0, 0.1) is 6.92 Å². The van der Waals surface area contributed by atoms with E-state index in [0.717, 1.165) is 5.75 Å². The van der Waals surface area contributed by atoms with E-state index < -0.39 is 10.0 Å². The largest absolute Gasteiger partial charge is 0.329 e. The van der Waals surface area contributed by atoms with E-state index in [1.807, 2.05) is 25.1 Å². The van der Waals surface area contributed by atoms with E-state index in [2.05, 4.69) is 16.1 Å². The monoisotopic (exact) mass is 429 g/mol. The Morgan fingerprint density at radius 2 is 1.89 bits per heavy atom.